The Kier molecular flexibility index (Phi) is 9.82. The lowest BCUT2D eigenvalue weighted by Crippen LogP contribution is -2.63. The lowest BCUT2D eigenvalue weighted by molar-refractivity contribution is -0.383. The molecule has 1 aromatic rings. The molecule has 14 nitrogen and oxygen atoms in total. The van der Waals surface area contributed by atoms with Crippen molar-refractivity contribution in [1.29, 1.82) is 0 Å². The molecular formula is C23H32O14. The third-order valence-electron chi connectivity index (χ3n) is 6.10. The van der Waals surface area contributed by atoms with E-state index in [4.69, 9.17) is 28.4 Å². The number of hydrogen-bond acceptors (Lipinski definition) is 14. The molecule has 0 unspecified atom stereocenters. The number of aliphatic hydroxyl groups is 7. The van der Waals surface area contributed by atoms with E-state index in [0.29, 0.717) is 17.1 Å². The van der Waals surface area contributed by atoms with Crippen molar-refractivity contribution in [3.63, 3.8) is 0 Å². The maximum Gasteiger partial charge on any atom is 0.331 e. The van der Waals surface area contributed by atoms with E-state index in [1.54, 1.807) is 18.2 Å². The van der Waals surface area contributed by atoms with E-state index >= 15 is 0 Å². The number of aliphatic hydroxyl groups excluding tert-OH is 7. The van der Waals surface area contributed by atoms with Crippen molar-refractivity contribution in [3.8, 4) is 11.5 Å². The second-order valence-electron chi connectivity index (χ2n) is 8.42. The van der Waals surface area contributed by atoms with Crippen molar-refractivity contribution in [1.82, 2.24) is 0 Å². The molecule has 2 heterocycles. The van der Waals surface area contributed by atoms with Crippen molar-refractivity contribution in [2.24, 2.45) is 0 Å². The van der Waals surface area contributed by atoms with Gasteiger partial charge in [0.05, 0.1) is 27.4 Å². The quantitative estimate of drug-likeness (QED) is 0.117. The molecule has 208 valence electrons. The lowest BCUT2D eigenvalue weighted by atomic mass is 9.99. The van der Waals surface area contributed by atoms with Crippen molar-refractivity contribution in [2.45, 2.75) is 54.8 Å². The normalized spacial score (nSPS) is 36.0. The van der Waals surface area contributed by atoms with E-state index in [9.17, 15) is 40.5 Å². The van der Waals surface area contributed by atoms with Gasteiger partial charge in [-0.2, -0.15) is 0 Å². The van der Waals surface area contributed by atoms with Crippen LogP contribution in [0.1, 0.15) is 5.56 Å². The molecule has 2 aliphatic rings. The molecule has 2 aliphatic heterocycles. The molecule has 2 fully saturated rings. The summed E-state index contributed by atoms with van der Waals surface area (Å²) in [5.41, 5.74) is 0.539. The van der Waals surface area contributed by atoms with Gasteiger partial charge in [0.15, 0.2) is 23.9 Å². The first-order valence-corrected chi connectivity index (χ1v) is 11.3. The molecule has 0 amide bonds. The third kappa shape index (κ3) is 6.04. The van der Waals surface area contributed by atoms with E-state index in [1.807, 2.05) is 0 Å². The number of hydrogen-bond donors (Lipinski definition) is 7. The molecule has 0 spiro atoms. The van der Waals surface area contributed by atoms with Gasteiger partial charge in [-0.3, -0.25) is 0 Å². The van der Waals surface area contributed by atoms with Gasteiger partial charge in [0, 0.05) is 6.08 Å². The second kappa shape index (κ2) is 12.4. The highest BCUT2D eigenvalue weighted by molar-refractivity contribution is 5.87. The van der Waals surface area contributed by atoms with Gasteiger partial charge in [0.25, 0.3) is 0 Å². The van der Waals surface area contributed by atoms with Gasteiger partial charge in [-0.15, -0.1) is 0 Å². The molecule has 1 aromatic carbocycles. The highest BCUT2D eigenvalue weighted by Crippen LogP contribution is 2.38. The number of carbonyl (C=O) groups is 1. The monoisotopic (exact) mass is 532 g/mol. The molecule has 0 saturated carbocycles. The summed E-state index contributed by atoms with van der Waals surface area (Å²) in [6.07, 6.45) is -10.9. The second-order valence-corrected chi connectivity index (χ2v) is 8.42. The molecular weight excluding hydrogens is 500 g/mol. The Hall–Kier alpha value is -2.37. The van der Waals surface area contributed by atoms with E-state index in [0.717, 1.165) is 6.08 Å². The minimum Gasteiger partial charge on any atom is -0.493 e. The van der Waals surface area contributed by atoms with Crippen LogP contribution in [0.4, 0.5) is 0 Å². The van der Waals surface area contributed by atoms with Crippen LogP contribution in [0.25, 0.3) is 6.08 Å². The lowest BCUT2D eigenvalue weighted by Gasteiger charge is -2.43. The average molecular weight is 532 g/mol. The smallest absolute Gasteiger partial charge is 0.331 e. The molecule has 0 aliphatic carbocycles. The zero-order valence-electron chi connectivity index (χ0n) is 20.1. The van der Waals surface area contributed by atoms with Gasteiger partial charge in [0.1, 0.15) is 43.2 Å². The van der Waals surface area contributed by atoms with Crippen LogP contribution in [-0.2, 0) is 23.7 Å². The Labute approximate surface area is 211 Å². The predicted molar refractivity (Wildman–Crippen MR) is 121 cm³/mol. The van der Waals surface area contributed by atoms with Gasteiger partial charge in [0.2, 0.25) is 5.79 Å². The zero-order chi connectivity index (χ0) is 27.3. The summed E-state index contributed by atoms with van der Waals surface area (Å²) < 4.78 is 32.0. The van der Waals surface area contributed by atoms with Crippen molar-refractivity contribution >= 4 is 12.0 Å². The summed E-state index contributed by atoms with van der Waals surface area (Å²) in [6.45, 7) is -2.55. The summed E-state index contributed by atoms with van der Waals surface area (Å²) in [5.74, 6) is -2.46. The first kappa shape index (κ1) is 29.2. The largest absolute Gasteiger partial charge is 0.493 e. The summed E-state index contributed by atoms with van der Waals surface area (Å²) in [5, 5.41) is 70.0. The molecule has 37 heavy (non-hydrogen) atoms. The Balaban J connectivity index is 1.81. The molecule has 0 radical (unpaired) electrons. The van der Waals surface area contributed by atoms with Crippen LogP contribution < -0.4 is 9.47 Å². The number of carbonyl (C=O) groups excluding carboxylic acids is 1. The molecule has 14 heteroatoms. The molecule has 0 aromatic heterocycles. The van der Waals surface area contributed by atoms with Crippen LogP contribution in [0.3, 0.4) is 0 Å². The zero-order valence-corrected chi connectivity index (χ0v) is 20.1. The summed E-state index contributed by atoms with van der Waals surface area (Å²) in [7, 11) is 2.92. The summed E-state index contributed by atoms with van der Waals surface area (Å²) >= 11 is 0. The molecule has 7 N–H and O–H groups in total. The van der Waals surface area contributed by atoms with Crippen LogP contribution >= 0.6 is 0 Å². The summed E-state index contributed by atoms with van der Waals surface area (Å²) in [6, 6.07) is 4.86. The third-order valence-corrected chi connectivity index (χ3v) is 6.10. The summed E-state index contributed by atoms with van der Waals surface area (Å²) in [4.78, 5) is 12.6. The van der Waals surface area contributed by atoms with Crippen LogP contribution in [0.15, 0.2) is 24.3 Å². The fraction of sp³-hybridized carbons (Fsp3) is 0.609. The van der Waals surface area contributed by atoms with Crippen LogP contribution in [0.2, 0.25) is 0 Å². The Bertz CT molecular complexity index is 938. The first-order valence-electron chi connectivity index (χ1n) is 11.3. The van der Waals surface area contributed by atoms with Crippen molar-refractivity contribution < 1.29 is 69.0 Å². The van der Waals surface area contributed by atoms with Crippen LogP contribution in [0, 0.1) is 0 Å². The SMILES string of the molecule is COc1ccc(/C=C/C(=O)O[C@H]2[C@H](O)[C@@H](CO)O[C@@]2(CO)O[C@H]2O[C@H](CO)[C@@H](O)[C@H](O)[C@H]2O)cc1OC. The standard InChI is InChI=1S/C23H32O14/c1-32-12-5-3-11(7-13(12)33-2)4-6-16(27)35-21-18(29)15(9-25)36-23(21,10-26)37-22-20(31)19(30)17(28)14(8-24)34-22/h3-7,14-15,17-22,24-26,28-31H,8-10H2,1-2H3/b6-4+/t14-,15-,17-,18-,19+,20-,21+,22-,23+/m1/s1. The average Bonchev–Trinajstić information content (AvgIpc) is 3.18. The van der Waals surface area contributed by atoms with E-state index in [1.165, 1.54) is 20.3 Å². The minimum absolute atomic E-state index is 0.413. The van der Waals surface area contributed by atoms with Crippen molar-refractivity contribution in [3.05, 3.63) is 29.8 Å². The highest BCUT2D eigenvalue weighted by Gasteiger charge is 2.60. The van der Waals surface area contributed by atoms with E-state index < -0.39 is 80.6 Å². The fourth-order valence-electron chi connectivity index (χ4n) is 4.06. The maximum absolute atomic E-state index is 12.6. The molecule has 2 saturated heterocycles. The first-order chi connectivity index (χ1) is 17.6. The topological polar surface area (TPSA) is 214 Å². The van der Waals surface area contributed by atoms with E-state index in [2.05, 4.69) is 0 Å². The van der Waals surface area contributed by atoms with Crippen LogP contribution in [-0.4, -0.2) is 131 Å². The maximum atomic E-state index is 12.6. The highest BCUT2D eigenvalue weighted by atomic mass is 16.8. The van der Waals surface area contributed by atoms with Gasteiger partial charge < -0.3 is 64.2 Å². The number of rotatable bonds is 10. The number of methoxy groups -OCH3 is 2. The number of benzene rings is 1. The number of ether oxygens (including phenoxy) is 6. The van der Waals surface area contributed by atoms with Gasteiger partial charge >= 0.3 is 5.97 Å². The number of esters is 1. The van der Waals surface area contributed by atoms with Crippen LogP contribution in [0.5, 0.6) is 11.5 Å². The van der Waals surface area contributed by atoms with Gasteiger partial charge in [-0.05, 0) is 23.8 Å². The molecule has 9 atom stereocenters. The Morgan fingerprint density at radius 3 is 2.22 bits per heavy atom. The van der Waals surface area contributed by atoms with Crippen molar-refractivity contribution in [2.75, 3.05) is 34.0 Å². The Morgan fingerprint density at radius 2 is 1.62 bits per heavy atom. The van der Waals surface area contributed by atoms with Gasteiger partial charge in [-0.1, -0.05) is 6.07 Å². The van der Waals surface area contributed by atoms with Gasteiger partial charge in [-0.25, -0.2) is 4.79 Å². The fourth-order valence-corrected chi connectivity index (χ4v) is 4.06. The predicted octanol–water partition coefficient (Wildman–Crippen LogP) is -3.11. The molecule has 3 rings (SSSR count). The van der Waals surface area contributed by atoms with E-state index in [-0.39, 0.29) is 0 Å². The Morgan fingerprint density at radius 1 is 0.946 bits per heavy atom. The molecule has 0 bridgehead atoms. The minimum atomic E-state index is -2.35.